The zero-order valence-electron chi connectivity index (χ0n) is 13.4. The van der Waals surface area contributed by atoms with Crippen LogP contribution in [0.1, 0.15) is 33.9 Å². The first kappa shape index (κ1) is 14.4. The highest BCUT2D eigenvalue weighted by atomic mass is 32.1. The second-order valence-corrected chi connectivity index (χ2v) is 6.83. The lowest BCUT2D eigenvalue weighted by atomic mass is 10.2. The molecule has 0 unspecified atom stereocenters. The van der Waals surface area contributed by atoms with Gasteiger partial charge in [-0.15, -0.1) is 21.5 Å². The lowest BCUT2D eigenvalue weighted by Crippen LogP contribution is -2.38. The molecule has 4 rings (SSSR count). The summed E-state index contributed by atoms with van der Waals surface area (Å²) in [5.41, 5.74) is 0.962. The van der Waals surface area contributed by atoms with E-state index in [-0.39, 0.29) is 5.91 Å². The van der Waals surface area contributed by atoms with E-state index in [1.54, 1.807) is 0 Å². The molecule has 0 fully saturated rings. The van der Waals surface area contributed by atoms with E-state index >= 15 is 0 Å². The van der Waals surface area contributed by atoms with Gasteiger partial charge in [-0.25, -0.2) is 0 Å². The number of thiophene rings is 1. The number of carbonyl (C=O) groups excluding carboxylic acids is 1. The second-order valence-electron chi connectivity index (χ2n) is 5.80. The van der Waals surface area contributed by atoms with Crippen LogP contribution in [0.3, 0.4) is 0 Å². The Hall–Kier alpha value is -2.22. The zero-order chi connectivity index (χ0) is 16.1. The largest absolute Gasteiger partial charge is 0.329 e. The fraction of sp³-hybridized carbons (Fsp3) is 0.467. The van der Waals surface area contributed by atoms with Gasteiger partial charge in [0.25, 0.3) is 5.91 Å². The molecule has 23 heavy (non-hydrogen) atoms. The highest BCUT2D eigenvalue weighted by Crippen LogP contribution is 2.29. The molecule has 0 N–H and O–H groups in total. The van der Waals surface area contributed by atoms with Gasteiger partial charge in [0.1, 0.15) is 10.7 Å². The molecule has 120 valence electrons. The number of rotatable bonds is 2. The summed E-state index contributed by atoms with van der Waals surface area (Å²) in [6.07, 6.45) is 0.865. The number of hydrogen-bond donors (Lipinski definition) is 0. The molecular formula is C15H18N6OS. The number of hydrogen-bond acceptors (Lipinski definition) is 5. The summed E-state index contributed by atoms with van der Waals surface area (Å²) in [6, 6.07) is 1.96. The van der Waals surface area contributed by atoms with Gasteiger partial charge in [0.05, 0.1) is 17.1 Å². The van der Waals surface area contributed by atoms with Gasteiger partial charge < -0.3 is 9.47 Å². The predicted octanol–water partition coefficient (Wildman–Crippen LogP) is 1.75. The minimum Gasteiger partial charge on any atom is -0.329 e. The molecule has 0 aromatic carbocycles. The molecule has 1 amide bonds. The second kappa shape index (κ2) is 5.16. The van der Waals surface area contributed by atoms with Crippen molar-refractivity contribution in [3.05, 3.63) is 28.3 Å². The summed E-state index contributed by atoms with van der Waals surface area (Å²) in [4.78, 5) is 16.5. The summed E-state index contributed by atoms with van der Waals surface area (Å²) in [6.45, 7) is 6.03. The van der Waals surface area contributed by atoms with Crippen molar-refractivity contribution in [3.63, 3.8) is 0 Å². The summed E-state index contributed by atoms with van der Waals surface area (Å²) >= 11 is 1.50. The third kappa shape index (κ3) is 2.16. The van der Waals surface area contributed by atoms with E-state index in [4.69, 9.17) is 0 Å². The van der Waals surface area contributed by atoms with Gasteiger partial charge in [-0.05, 0) is 13.0 Å². The maximum absolute atomic E-state index is 12.8. The van der Waals surface area contributed by atoms with Gasteiger partial charge in [0.2, 0.25) is 0 Å². The molecule has 1 aliphatic rings. The van der Waals surface area contributed by atoms with Gasteiger partial charge >= 0.3 is 0 Å². The summed E-state index contributed by atoms with van der Waals surface area (Å²) < 4.78 is 3.97. The lowest BCUT2D eigenvalue weighted by Gasteiger charge is -2.27. The standard InChI is InChI=1S/C15H18N6OS/c1-4-12-16-17-13-8-20(5-6-21(12)13)14(22)11-7-10-9(2)18-19(3)15(10)23-11/h7H,4-6,8H2,1-3H3. The highest BCUT2D eigenvalue weighted by Gasteiger charge is 2.26. The number of nitrogens with zero attached hydrogens (tertiary/aromatic N) is 6. The third-order valence-electron chi connectivity index (χ3n) is 4.34. The molecule has 0 atom stereocenters. The Bertz CT molecular complexity index is 870. The first-order valence-electron chi connectivity index (χ1n) is 7.72. The first-order chi connectivity index (χ1) is 11.1. The molecule has 3 aromatic rings. The summed E-state index contributed by atoms with van der Waals surface area (Å²) in [7, 11) is 1.91. The van der Waals surface area contributed by atoms with Crippen LogP contribution in [0.25, 0.3) is 10.2 Å². The molecule has 8 heteroatoms. The maximum Gasteiger partial charge on any atom is 0.264 e. The fourth-order valence-corrected chi connectivity index (χ4v) is 4.21. The van der Waals surface area contributed by atoms with Crippen LogP contribution in [0.5, 0.6) is 0 Å². The maximum atomic E-state index is 12.8. The lowest BCUT2D eigenvalue weighted by molar-refractivity contribution is 0.0711. The van der Waals surface area contributed by atoms with Gasteiger partial charge in [-0.2, -0.15) is 5.10 Å². The fourth-order valence-electron chi connectivity index (χ4n) is 3.12. The quantitative estimate of drug-likeness (QED) is 0.718. The molecule has 1 aliphatic heterocycles. The Balaban J connectivity index is 1.62. The average molecular weight is 330 g/mol. The zero-order valence-corrected chi connectivity index (χ0v) is 14.2. The normalized spacial score (nSPS) is 14.5. The van der Waals surface area contributed by atoms with Gasteiger partial charge in [-0.1, -0.05) is 6.92 Å². The first-order valence-corrected chi connectivity index (χ1v) is 8.53. The molecule has 3 aromatic heterocycles. The Morgan fingerprint density at radius 1 is 1.35 bits per heavy atom. The summed E-state index contributed by atoms with van der Waals surface area (Å²) in [5.74, 6) is 1.94. The Labute approximate surface area is 137 Å². The van der Waals surface area contributed by atoms with Crippen LogP contribution in [0.4, 0.5) is 0 Å². The average Bonchev–Trinajstić information content (AvgIpc) is 3.22. The highest BCUT2D eigenvalue weighted by molar-refractivity contribution is 7.20. The van der Waals surface area contributed by atoms with Crippen LogP contribution >= 0.6 is 11.3 Å². The van der Waals surface area contributed by atoms with E-state index in [1.807, 2.05) is 29.6 Å². The van der Waals surface area contributed by atoms with Crippen molar-refractivity contribution in [1.82, 2.24) is 29.4 Å². The molecule has 4 heterocycles. The monoisotopic (exact) mass is 330 g/mol. The van der Waals surface area contributed by atoms with E-state index in [2.05, 4.69) is 26.8 Å². The molecule has 0 radical (unpaired) electrons. The van der Waals surface area contributed by atoms with Crippen molar-refractivity contribution in [1.29, 1.82) is 0 Å². The minimum atomic E-state index is 0.0675. The van der Waals surface area contributed by atoms with Crippen molar-refractivity contribution in [3.8, 4) is 0 Å². The van der Waals surface area contributed by atoms with Crippen LogP contribution in [0, 0.1) is 6.92 Å². The van der Waals surface area contributed by atoms with Crippen LogP contribution in [0.2, 0.25) is 0 Å². The number of amides is 1. The summed E-state index contributed by atoms with van der Waals surface area (Å²) in [5, 5.41) is 13.9. The number of carbonyl (C=O) groups is 1. The SMILES string of the molecule is CCc1nnc2n1CCN(C(=O)c1cc3c(C)nn(C)c3s1)C2. The molecular weight excluding hydrogens is 312 g/mol. The molecule has 0 aliphatic carbocycles. The Morgan fingerprint density at radius 2 is 2.17 bits per heavy atom. The van der Waals surface area contributed by atoms with Crippen LogP contribution in [-0.4, -0.2) is 41.9 Å². The number of fused-ring (bicyclic) bond motifs is 2. The van der Waals surface area contributed by atoms with E-state index in [0.717, 1.165) is 45.4 Å². The minimum absolute atomic E-state index is 0.0675. The Morgan fingerprint density at radius 3 is 2.91 bits per heavy atom. The van der Waals surface area contributed by atoms with Crippen molar-refractivity contribution >= 4 is 27.5 Å². The van der Waals surface area contributed by atoms with Crippen molar-refractivity contribution in [2.45, 2.75) is 33.4 Å². The van der Waals surface area contributed by atoms with Gasteiger partial charge in [-0.3, -0.25) is 9.48 Å². The Kier molecular flexibility index (Phi) is 3.22. The molecule has 0 spiro atoms. The van der Waals surface area contributed by atoms with Gasteiger partial charge in [0, 0.05) is 31.9 Å². The molecule has 7 nitrogen and oxygen atoms in total. The van der Waals surface area contributed by atoms with Crippen LogP contribution in [-0.2, 0) is 26.6 Å². The van der Waals surface area contributed by atoms with Crippen LogP contribution < -0.4 is 0 Å². The van der Waals surface area contributed by atoms with E-state index in [1.165, 1.54) is 11.3 Å². The van der Waals surface area contributed by atoms with E-state index in [9.17, 15) is 4.79 Å². The molecule has 0 saturated carbocycles. The van der Waals surface area contributed by atoms with E-state index in [0.29, 0.717) is 13.1 Å². The van der Waals surface area contributed by atoms with E-state index < -0.39 is 0 Å². The molecule has 0 bridgehead atoms. The van der Waals surface area contributed by atoms with Crippen molar-refractivity contribution in [2.24, 2.45) is 7.05 Å². The third-order valence-corrected chi connectivity index (χ3v) is 5.53. The smallest absolute Gasteiger partial charge is 0.264 e. The predicted molar refractivity (Wildman–Crippen MR) is 87.5 cm³/mol. The number of aromatic nitrogens is 5. The topological polar surface area (TPSA) is 68.8 Å². The number of aryl methyl sites for hydroxylation is 3. The van der Waals surface area contributed by atoms with Crippen molar-refractivity contribution < 1.29 is 4.79 Å². The van der Waals surface area contributed by atoms with Crippen molar-refractivity contribution in [2.75, 3.05) is 6.54 Å². The van der Waals surface area contributed by atoms with Crippen LogP contribution in [0.15, 0.2) is 6.07 Å². The van der Waals surface area contributed by atoms with Gasteiger partial charge in [0.15, 0.2) is 5.82 Å². The molecule has 0 saturated heterocycles.